The molecule has 2 aliphatic rings. The van der Waals surface area contributed by atoms with Gasteiger partial charge in [0, 0.05) is 25.7 Å². The lowest BCUT2D eigenvalue weighted by Gasteiger charge is -2.22. The Morgan fingerprint density at radius 1 is 1.37 bits per heavy atom. The molecule has 6 nitrogen and oxygen atoms in total. The smallest absolute Gasteiger partial charge is 0.307 e. The molecule has 0 saturated carbocycles. The third-order valence-electron chi connectivity index (χ3n) is 2.67. The highest BCUT2D eigenvalue weighted by Gasteiger charge is 2.16. The van der Waals surface area contributed by atoms with E-state index >= 15 is 0 Å². The second-order valence-corrected chi connectivity index (χ2v) is 4.74. The molecule has 2 heterocycles. The SMILES string of the molecule is CCOC(=O)CC1COCCN1.ClN1CCOCC1. The lowest BCUT2D eigenvalue weighted by atomic mass is 10.2. The van der Waals surface area contributed by atoms with Crippen molar-refractivity contribution in [3.05, 3.63) is 0 Å². The molecule has 2 fully saturated rings. The molecular formula is C12H23ClN2O4. The molecule has 0 bridgehead atoms. The average Bonchev–Trinajstić information content (AvgIpc) is 2.42. The fourth-order valence-electron chi connectivity index (χ4n) is 1.71. The second-order valence-electron chi connectivity index (χ2n) is 4.26. The molecule has 19 heavy (non-hydrogen) atoms. The first-order valence-electron chi connectivity index (χ1n) is 6.67. The molecule has 2 saturated heterocycles. The highest BCUT2D eigenvalue weighted by Crippen LogP contribution is 1.99. The molecule has 2 aliphatic heterocycles. The van der Waals surface area contributed by atoms with Gasteiger partial charge in [0.15, 0.2) is 0 Å². The van der Waals surface area contributed by atoms with Crippen LogP contribution in [0.2, 0.25) is 0 Å². The van der Waals surface area contributed by atoms with Crippen molar-refractivity contribution in [1.82, 2.24) is 9.74 Å². The molecule has 7 heteroatoms. The van der Waals surface area contributed by atoms with E-state index in [1.807, 2.05) is 6.92 Å². The molecule has 112 valence electrons. The van der Waals surface area contributed by atoms with Gasteiger partial charge in [-0.2, -0.15) is 0 Å². The minimum absolute atomic E-state index is 0.137. The molecule has 0 radical (unpaired) electrons. The Balaban J connectivity index is 0.000000218. The highest BCUT2D eigenvalue weighted by atomic mass is 35.5. The van der Waals surface area contributed by atoms with Gasteiger partial charge in [-0.1, -0.05) is 0 Å². The summed E-state index contributed by atoms with van der Waals surface area (Å²) in [5, 5.41) is 3.18. The standard InChI is InChI=1S/C8H15NO3.C4H8ClNO/c1-2-12-8(10)5-7-6-11-4-3-9-7;5-6-1-3-7-4-2-6/h7,9H,2-6H2,1H3;1-4H2. The Kier molecular flexibility index (Phi) is 9.11. The number of rotatable bonds is 3. The van der Waals surface area contributed by atoms with E-state index < -0.39 is 0 Å². The van der Waals surface area contributed by atoms with Gasteiger partial charge in [0.05, 0.1) is 39.5 Å². The zero-order valence-electron chi connectivity index (χ0n) is 11.4. The number of esters is 1. The summed E-state index contributed by atoms with van der Waals surface area (Å²) in [7, 11) is 0. The molecular weight excluding hydrogens is 272 g/mol. The van der Waals surface area contributed by atoms with Crippen LogP contribution in [0.5, 0.6) is 0 Å². The van der Waals surface area contributed by atoms with E-state index in [1.165, 1.54) is 0 Å². The summed E-state index contributed by atoms with van der Waals surface area (Å²) in [5.41, 5.74) is 0. The van der Waals surface area contributed by atoms with Gasteiger partial charge in [0.25, 0.3) is 0 Å². The average molecular weight is 295 g/mol. The summed E-state index contributed by atoms with van der Waals surface area (Å²) >= 11 is 5.57. The highest BCUT2D eigenvalue weighted by molar-refractivity contribution is 6.13. The molecule has 0 aromatic rings. The predicted octanol–water partition coefficient (Wildman–Crippen LogP) is 0.400. The van der Waals surface area contributed by atoms with Gasteiger partial charge in [-0.05, 0) is 18.7 Å². The quantitative estimate of drug-likeness (QED) is 0.601. The van der Waals surface area contributed by atoms with Crippen LogP contribution < -0.4 is 5.32 Å². The third-order valence-corrected chi connectivity index (χ3v) is 3.01. The van der Waals surface area contributed by atoms with Gasteiger partial charge in [-0.15, -0.1) is 0 Å². The fraction of sp³-hybridized carbons (Fsp3) is 0.917. The van der Waals surface area contributed by atoms with Gasteiger partial charge in [-0.25, -0.2) is 4.42 Å². The molecule has 0 aromatic heterocycles. The predicted molar refractivity (Wildman–Crippen MR) is 72.1 cm³/mol. The van der Waals surface area contributed by atoms with Gasteiger partial charge >= 0.3 is 5.97 Å². The van der Waals surface area contributed by atoms with E-state index in [2.05, 4.69) is 5.32 Å². The van der Waals surface area contributed by atoms with Crippen molar-refractivity contribution in [2.75, 3.05) is 52.7 Å². The van der Waals surface area contributed by atoms with Crippen LogP contribution in [0.15, 0.2) is 0 Å². The van der Waals surface area contributed by atoms with E-state index in [-0.39, 0.29) is 12.0 Å². The summed E-state index contributed by atoms with van der Waals surface area (Å²) in [6, 6.07) is 0.137. The van der Waals surface area contributed by atoms with Gasteiger partial charge in [-0.3, -0.25) is 4.79 Å². The van der Waals surface area contributed by atoms with Crippen LogP contribution in [0, 0.1) is 0 Å². The van der Waals surface area contributed by atoms with Crippen LogP contribution in [0.25, 0.3) is 0 Å². The van der Waals surface area contributed by atoms with Crippen LogP contribution in [-0.4, -0.2) is 69.1 Å². The van der Waals surface area contributed by atoms with Crippen molar-refractivity contribution in [2.45, 2.75) is 19.4 Å². The largest absolute Gasteiger partial charge is 0.466 e. The number of nitrogens with one attached hydrogen (secondary N) is 1. The van der Waals surface area contributed by atoms with Crippen molar-refractivity contribution in [2.24, 2.45) is 0 Å². The van der Waals surface area contributed by atoms with E-state index in [0.717, 1.165) is 39.5 Å². The van der Waals surface area contributed by atoms with Crippen molar-refractivity contribution < 1.29 is 19.0 Å². The van der Waals surface area contributed by atoms with E-state index in [0.29, 0.717) is 19.6 Å². The fourth-order valence-corrected chi connectivity index (χ4v) is 1.85. The van der Waals surface area contributed by atoms with Crippen LogP contribution in [-0.2, 0) is 19.0 Å². The number of hydrogen-bond acceptors (Lipinski definition) is 6. The summed E-state index contributed by atoms with van der Waals surface area (Å²) in [5.74, 6) is -0.152. The summed E-state index contributed by atoms with van der Waals surface area (Å²) in [6.07, 6.45) is 0.411. The van der Waals surface area contributed by atoms with Gasteiger partial charge in [0.1, 0.15) is 0 Å². The molecule has 0 aromatic carbocycles. The maximum atomic E-state index is 11.0. The Bertz CT molecular complexity index is 244. The number of morpholine rings is 2. The number of halogens is 1. The zero-order chi connectivity index (χ0) is 13.9. The molecule has 1 unspecified atom stereocenters. The number of ether oxygens (including phenoxy) is 3. The maximum Gasteiger partial charge on any atom is 0.307 e. The number of nitrogens with zero attached hydrogens (tertiary/aromatic N) is 1. The van der Waals surface area contributed by atoms with E-state index in [4.69, 9.17) is 26.0 Å². The topological polar surface area (TPSA) is 60.0 Å². The Hall–Kier alpha value is -0.400. The zero-order valence-corrected chi connectivity index (χ0v) is 12.2. The summed E-state index contributed by atoms with van der Waals surface area (Å²) in [6.45, 7) is 7.72. The van der Waals surface area contributed by atoms with Crippen molar-refractivity contribution in [3.63, 3.8) is 0 Å². The monoisotopic (exact) mass is 294 g/mol. The first-order valence-corrected chi connectivity index (χ1v) is 7.01. The second kappa shape index (κ2) is 10.4. The van der Waals surface area contributed by atoms with E-state index in [1.54, 1.807) is 4.42 Å². The molecule has 1 N–H and O–H groups in total. The molecule has 1 atom stereocenters. The van der Waals surface area contributed by atoms with Crippen molar-refractivity contribution >= 4 is 17.7 Å². The normalized spacial score (nSPS) is 24.2. The lowest BCUT2D eigenvalue weighted by Crippen LogP contribution is -2.42. The maximum absolute atomic E-state index is 11.0. The number of hydrogen-bond donors (Lipinski definition) is 1. The third kappa shape index (κ3) is 8.39. The Morgan fingerprint density at radius 2 is 2.11 bits per heavy atom. The Morgan fingerprint density at radius 3 is 2.58 bits per heavy atom. The molecule has 0 aliphatic carbocycles. The van der Waals surface area contributed by atoms with Crippen LogP contribution in [0.4, 0.5) is 0 Å². The molecule has 0 amide bonds. The first kappa shape index (κ1) is 16.7. The van der Waals surface area contributed by atoms with Crippen LogP contribution in [0.3, 0.4) is 0 Å². The van der Waals surface area contributed by atoms with Crippen LogP contribution >= 0.6 is 11.8 Å². The van der Waals surface area contributed by atoms with Gasteiger partial charge < -0.3 is 19.5 Å². The minimum Gasteiger partial charge on any atom is -0.466 e. The van der Waals surface area contributed by atoms with Crippen LogP contribution in [0.1, 0.15) is 13.3 Å². The number of carbonyl (C=O) groups excluding carboxylic acids is 1. The number of carbonyl (C=O) groups is 1. The first-order chi connectivity index (χ1) is 9.22. The lowest BCUT2D eigenvalue weighted by molar-refractivity contribution is -0.144. The molecule has 0 spiro atoms. The summed E-state index contributed by atoms with van der Waals surface area (Å²) < 4.78 is 16.8. The molecule has 2 rings (SSSR count). The van der Waals surface area contributed by atoms with Gasteiger partial charge in [0.2, 0.25) is 0 Å². The minimum atomic E-state index is -0.152. The Labute approximate surface area is 119 Å². The van der Waals surface area contributed by atoms with E-state index in [9.17, 15) is 4.79 Å². The summed E-state index contributed by atoms with van der Waals surface area (Å²) in [4.78, 5) is 11.0. The van der Waals surface area contributed by atoms with Crippen molar-refractivity contribution in [3.8, 4) is 0 Å². The van der Waals surface area contributed by atoms with Crippen molar-refractivity contribution in [1.29, 1.82) is 0 Å².